The van der Waals surface area contributed by atoms with Crippen LogP contribution in [0.1, 0.15) is 24.8 Å². The second-order valence-electron chi connectivity index (χ2n) is 6.58. The van der Waals surface area contributed by atoms with Crippen molar-refractivity contribution >= 4 is 5.91 Å². The highest BCUT2D eigenvalue weighted by atomic mass is 19.1. The highest BCUT2D eigenvalue weighted by molar-refractivity contribution is 5.78. The zero-order valence-corrected chi connectivity index (χ0v) is 15.0. The molecule has 1 aromatic carbocycles. The average molecular weight is 360 g/mol. The Kier molecular flexibility index (Phi) is 6.22. The summed E-state index contributed by atoms with van der Waals surface area (Å²) >= 11 is 0. The molecule has 0 spiro atoms. The number of halogens is 1. The SMILES string of the molecule is Cn1cc(CN2C(=O)CC[C@@H]2CCNCCOc2ccc(F)cc2)cn1. The third-order valence-electron chi connectivity index (χ3n) is 4.58. The monoisotopic (exact) mass is 360 g/mol. The van der Waals surface area contributed by atoms with E-state index in [1.54, 1.807) is 16.8 Å². The smallest absolute Gasteiger partial charge is 0.223 e. The van der Waals surface area contributed by atoms with Gasteiger partial charge in [0.05, 0.1) is 6.20 Å². The Hall–Kier alpha value is -2.41. The normalized spacial score (nSPS) is 17.1. The maximum absolute atomic E-state index is 12.8. The van der Waals surface area contributed by atoms with Gasteiger partial charge in [0.15, 0.2) is 0 Å². The van der Waals surface area contributed by atoms with Crippen LogP contribution in [0.25, 0.3) is 0 Å². The number of aryl methyl sites for hydroxylation is 1. The molecule has 1 aliphatic heterocycles. The van der Waals surface area contributed by atoms with Gasteiger partial charge in [0.25, 0.3) is 0 Å². The van der Waals surface area contributed by atoms with Gasteiger partial charge < -0.3 is 15.0 Å². The molecular formula is C19H25FN4O2. The molecule has 0 saturated carbocycles. The molecule has 26 heavy (non-hydrogen) atoms. The molecule has 0 unspecified atom stereocenters. The predicted molar refractivity (Wildman–Crippen MR) is 96.2 cm³/mol. The summed E-state index contributed by atoms with van der Waals surface area (Å²) in [6.07, 6.45) is 6.22. The Labute approximate surface area is 152 Å². The van der Waals surface area contributed by atoms with E-state index in [1.165, 1.54) is 12.1 Å². The van der Waals surface area contributed by atoms with Crippen LogP contribution in [0.15, 0.2) is 36.7 Å². The first-order valence-electron chi connectivity index (χ1n) is 8.98. The van der Waals surface area contributed by atoms with E-state index in [-0.39, 0.29) is 17.8 Å². The van der Waals surface area contributed by atoms with Gasteiger partial charge >= 0.3 is 0 Å². The van der Waals surface area contributed by atoms with E-state index in [9.17, 15) is 9.18 Å². The number of rotatable bonds is 9. The molecule has 7 heteroatoms. The number of benzene rings is 1. The van der Waals surface area contributed by atoms with Gasteiger partial charge in [0, 0.05) is 44.4 Å². The molecule has 1 atom stereocenters. The van der Waals surface area contributed by atoms with Gasteiger partial charge in [-0.3, -0.25) is 9.48 Å². The number of nitrogens with zero attached hydrogens (tertiary/aromatic N) is 3. The topological polar surface area (TPSA) is 59.4 Å². The van der Waals surface area contributed by atoms with E-state index >= 15 is 0 Å². The molecule has 1 amide bonds. The fraction of sp³-hybridized carbons (Fsp3) is 0.474. The zero-order valence-electron chi connectivity index (χ0n) is 15.0. The standard InChI is InChI=1S/C19H25FN4O2/c1-23-13-15(12-22-23)14-24-17(4-7-19(24)25)8-9-21-10-11-26-18-5-2-16(20)3-6-18/h2-3,5-6,12-13,17,21H,4,7-11,14H2,1H3/t17-/m1/s1. The Morgan fingerprint density at radius 1 is 1.31 bits per heavy atom. The van der Waals surface area contributed by atoms with E-state index in [4.69, 9.17) is 4.74 Å². The second-order valence-corrected chi connectivity index (χ2v) is 6.58. The largest absolute Gasteiger partial charge is 0.492 e. The lowest BCUT2D eigenvalue weighted by atomic mass is 10.1. The van der Waals surface area contributed by atoms with Crippen molar-refractivity contribution in [2.45, 2.75) is 31.8 Å². The summed E-state index contributed by atoms with van der Waals surface area (Å²) in [5.41, 5.74) is 1.06. The summed E-state index contributed by atoms with van der Waals surface area (Å²) in [6.45, 7) is 2.69. The molecule has 140 valence electrons. The number of carbonyl (C=O) groups excluding carboxylic acids is 1. The number of likely N-dealkylation sites (tertiary alicyclic amines) is 1. The van der Waals surface area contributed by atoms with Gasteiger partial charge in [0.1, 0.15) is 18.2 Å². The lowest BCUT2D eigenvalue weighted by Crippen LogP contribution is -2.35. The van der Waals surface area contributed by atoms with E-state index in [0.29, 0.717) is 31.9 Å². The van der Waals surface area contributed by atoms with E-state index in [1.807, 2.05) is 24.3 Å². The van der Waals surface area contributed by atoms with Crippen LogP contribution >= 0.6 is 0 Å². The maximum Gasteiger partial charge on any atom is 0.223 e. The second kappa shape index (κ2) is 8.80. The van der Waals surface area contributed by atoms with Crippen LogP contribution in [0.5, 0.6) is 5.75 Å². The van der Waals surface area contributed by atoms with Crippen LogP contribution in [0.4, 0.5) is 4.39 Å². The summed E-state index contributed by atoms with van der Waals surface area (Å²) < 4.78 is 20.1. The van der Waals surface area contributed by atoms with Crippen LogP contribution < -0.4 is 10.1 Å². The lowest BCUT2D eigenvalue weighted by molar-refractivity contribution is -0.129. The molecular weight excluding hydrogens is 335 g/mol. The number of carbonyl (C=O) groups is 1. The van der Waals surface area contributed by atoms with Crippen molar-refractivity contribution in [1.29, 1.82) is 0 Å². The van der Waals surface area contributed by atoms with Crippen molar-refractivity contribution in [2.75, 3.05) is 19.7 Å². The Morgan fingerprint density at radius 2 is 2.12 bits per heavy atom. The molecule has 0 aliphatic carbocycles. The van der Waals surface area contributed by atoms with Gasteiger partial charge in [-0.1, -0.05) is 0 Å². The van der Waals surface area contributed by atoms with Gasteiger partial charge in [0.2, 0.25) is 5.91 Å². The number of amides is 1. The molecule has 1 aromatic heterocycles. The third kappa shape index (κ3) is 5.05. The van der Waals surface area contributed by atoms with Gasteiger partial charge in [-0.25, -0.2) is 4.39 Å². The van der Waals surface area contributed by atoms with Crippen LogP contribution in [0, 0.1) is 5.82 Å². The Balaban J connectivity index is 1.35. The first-order chi connectivity index (χ1) is 12.6. The molecule has 1 saturated heterocycles. The summed E-state index contributed by atoms with van der Waals surface area (Å²) in [4.78, 5) is 14.1. The molecule has 0 bridgehead atoms. The molecule has 1 aliphatic rings. The molecule has 6 nitrogen and oxygen atoms in total. The van der Waals surface area contributed by atoms with Crippen molar-refractivity contribution in [2.24, 2.45) is 7.05 Å². The van der Waals surface area contributed by atoms with Gasteiger partial charge in [-0.15, -0.1) is 0 Å². The molecule has 1 fully saturated rings. The first-order valence-corrected chi connectivity index (χ1v) is 8.98. The average Bonchev–Trinajstić information content (AvgIpc) is 3.19. The molecule has 0 radical (unpaired) electrons. The highest BCUT2D eigenvalue weighted by Crippen LogP contribution is 2.23. The lowest BCUT2D eigenvalue weighted by Gasteiger charge is -2.24. The quantitative estimate of drug-likeness (QED) is 0.696. The first kappa shape index (κ1) is 18.4. The van der Waals surface area contributed by atoms with Crippen LogP contribution in [-0.4, -0.2) is 46.3 Å². The van der Waals surface area contributed by atoms with Crippen LogP contribution in [0.2, 0.25) is 0 Å². The number of hydrogen-bond acceptors (Lipinski definition) is 4. The molecule has 2 aromatic rings. The van der Waals surface area contributed by atoms with Gasteiger partial charge in [-0.05, 0) is 43.7 Å². The molecule has 2 heterocycles. The maximum atomic E-state index is 12.8. The summed E-state index contributed by atoms with van der Waals surface area (Å²) in [5.74, 6) is 0.619. The summed E-state index contributed by atoms with van der Waals surface area (Å²) in [6, 6.07) is 6.28. The van der Waals surface area contributed by atoms with Crippen molar-refractivity contribution in [1.82, 2.24) is 20.0 Å². The van der Waals surface area contributed by atoms with E-state index in [2.05, 4.69) is 10.4 Å². The van der Waals surface area contributed by atoms with Gasteiger partial charge in [-0.2, -0.15) is 5.10 Å². The summed E-state index contributed by atoms with van der Waals surface area (Å²) in [7, 11) is 1.88. The third-order valence-corrected chi connectivity index (χ3v) is 4.58. The highest BCUT2D eigenvalue weighted by Gasteiger charge is 2.30. The fourth-order valence-electron chi connectivity index (χ4n) is 3.23. The van der Waals surface area contributed by atoms with Crippen LogP contribution in [0.3, 0.4) is 0 Å². The minimum absolute atomic E-state index is 0.221. The molecule has 3 rings (SSSR count). The van der Waals surface area contributed by atoms with E-state index < -0.39 is 0 Å². The Bertz CT molecular complexity index is 717. The van der Waals surface area contributed by atoms with Crippen molar-refractivity contribution in [3.05, 3.63) is 48.0 Å². The van der Waals surface area contributed by atoms with Crippen LogP contribution in [-0.2, 0) is 18.4 Å². The number of ether oxygens (including phenoxy) is 1. The number of hydrogen-bond donors (Lipinski definition) is 1. The summed E-state index contributed by atoms with van der Waals surface area (Å²) in [5, 5.41) is 7.51. The van der Waals surface area contributed by atoms with Crippen molar-refractivity contribution < 1.29 is 13.9 Å². The predicted octanol–water partition coefficient (Wildman–Crippen LogP) is 2.11. The minimum Gasteiger partial charge on any atom is -0.492 e. The van der Waals surface area contributed by atoms with Crippen molar-refractivity contribution in [3.63, 3.8) is 0 Å². The molecule has 1 N–H and O–H groups in total. The zero-order chi connectivity index (χ0) is 18.4. The number of aromatic nitrogens is 2. The Morgan fingerprint density at radius 3 is 2.85 bits per heavy atom. The number of nitrogens with one attached hydrogen (secondary N) is 1. The fourth-order valence-corrected chi connectivity index (χ4v) is 3.23. The minimum atomic E-state index is -0.266. The van der Waals surface area contributed by atoms with E-state index in [0.717, 1.165) is 24.9 Å². The van der Waals surface area contributed by atoms with Crippen molar-refractivity contribution in [3.8, 4) is 5.75 Å².